The fraction of sp³-hybridized carbons (Fsp3) is 0.562. The number of nitrogens with two attached hydrogens (primary N) is 1. The minimum atomic E-state index is -0.182. The molecule has 23 heavy (non-hydrogen) atoms. The van der Waals surface area contributed by atoms with E-state index in [1.54, 1.807) is 0 Å². The number of rotatable bonds is 4. The molecule has 0 unspecified atom stereocenters. The number of cyclic esters (lactones) is 1. The van der Waals surface area contributed by atoms with Crippen molar-refractivity contribution >= 4 is 17.9 Å². The summed E-state index contributed by atoms with van der Waals surface area (Å²) in [6.45, 7) is 8.65. The molecule has 124 valence electrons. The van der Waals surface area contributed by atoms with Gasteiger partial charge in [-0.1, -0.05) is 6.08 Å². The first-order valence-electron chi connectivity index (χ1n) is 8.02. The van der Waals surface area contributed by atoms with Crippen LogP contribution in [0.5, 0.6) is 0 Å². The van der Waals surface area contributed by atoms with Crippen LogP contribution in [0.4, 0.5) is 16.6 Å². The fourth-order valence-corrected chi connectivity index (χ4v) is 3.37. The molecule has 0 spiro atoms. The number of aryl methyl sites for hydroxylation is 1. The van der Waals surface area contributed by atoms with E-state index < -0.39 is 0 Å². The molecule has 0 aromatic carbocycles. The molecule has 0 atom stereocenters. The SMILES string of the molecule is C=CCc1c(C)nc(N)nc1N1CCC(N2CCOC2=O)CC1. The number of aromatic nitrogens is 2. The normalized spacial score (nSPS) is 19.1. The number of ether oxygens (including phenoxy) is 1. The molecule has 3 rings (SSSR count). The minimum Gasteiger partial charge on any atom is -0.448 e. The van der Waals surface area contributed by atoms with Crippen molar-refractivity contribution in [3.05, 3.63) is 23.9 Å². The van der Waals surface area contributed by atoms with Gasteiger partial charge in [0.25, 0.3) is 0 Å². The summed E-state index contributed by atoms with van der Waals surface area (Å²) >= 11 is 0. The Balaban J connectivity index is 1.74. The van der Waals surface area contributed by atoms with Gasteiger partial charge in [-0.2, -0.15) is 4.98 Å². The first kappa shape index (κ1) is 15.6. The predicted molar refractivity (Wildman–Crippen MR) is 88.4 cm³/mol. The summed E-state index contributed by atoms with van der Waals surface area (Å²) in [6.07, 6.45) is 4.22. The Morgan fingerprint density at radius 1 is 1.35 bits per heavy atom. The molecular weight excluding hydrogens is 294 g/mol. The van der Waals surface area contributed by atoms with Crippen molar-refractivity contribution in [1.82, 2.24) is 14.9 Å². The van der Waals surface area contributed by atoms with Crippen molar-refractivity contribution in [1.29, 1.82) is 0 Å². The van der Waals surface area contributed by atoms with Gasteiger partial charge in [0.05, 0.1) is 6.54 Å². The van der Waals surface area contributed by atoms with Gasteiger partial charge in [0, 0.05) is 30.4 Å². The number of hydrogen-bond acceptors (Lipinski definition) is 6. The van der Waals surface area contributed by atoms with E-state index in [-0.39, 0.29) is 12.1 Å². The first-order chi connectivity index (χ1) is 11.1. The van der Waals surface area contributed by atoms with Crippen LogP contribution in [-0.2, 0) is 11.2 Å². The molecule has 3 heterocycles. The molecule has 1 amide bonds. The smallest absolute Gasteiger partial charge is 0.410 e. The Labute approximate surface area is 136 Å². The van der Waals surface area contributed by atoms with Crippen molar-refractivity contribution < 1.29 is 9.53 Å². The average molecular weight is 317 g/mol. The Kier molecular flexibility index (Phi) is 4.36. The van der Waals surface area contributed by atoms with Crippen LogP contribution in [0.3, 0.4) is 0 Å². The molecule has 1 aromatic heterocycles. The number of nitrogens with zero attached hydrogens (tertiary/aromatic N) is 4. The summed E-state index contributed by atoms with van der Waals surface area (Å²) in [5.74, 6) is 1.20. The second-order valence-corrected chi connectivity index (χ2v) is 5.99. The summed E-state index contributed by atoms with van der Waals surface area (Å²) in [6, 6.07) is 0.254. The zero-order valence-corrected chi connectivity index (χ0v) is 13.5. The largest absolute Gasteiger partial charge is 0.448 e. The highest BCUT2D eigenvalue weighted by molar-refractivity contribution is 5.69. The van der Waals surface area contributed by atoms with Gasteiger partial charge >= 0.3 is 6.09 Å². The third kappa shape index (κ3) is 3.09. The van der Waals surface area contributed by atoms with E-state index in [1.807, 2.05) is 17.9 Å². The highest BCUT2D eigenvalue weighted by Crippen LogP contribution is 2.27. The van der Waals surface area contributed by atoms with Crippen molar-refractivity contribution in [2.45, 2.75) is 32.2 Å². The quantitative estimate of drug-likeness (QED) is 0.848. The number of nitrogen functional groups attached to an aromatic ring is 1. The maximum Gasteiger partial charge on any atom is 0.410 e. The number of piperidine rings is 1. The van der Waals surface area contributed by atoms with Gasteiger partial charge in [-0.05, 0) is 26.2 Å². The van der Waals surface area contributed by atoms with Crippen LogP contribution in [0.2, 0.25) is 0 Å². The molecule has 0 bridgehead atoms. The third-order valence-electron chi connectivity index (χ3n) is 4.55. The molecule has 2 saturated heterocycles. The lowest BCUT2D eigenvalue weighted by molar-refractivity contribution is 0.142. The predicted octanol–water partition coefficient (Wildman–Crippen LogP) is 1.52. The molecule has 7 heteroatoms. The van der Waals surface area contributed by atoms with Crippen LogP contribution in [0, 0.1) is 6.92 Å². The number of anilines is 2. The standard InChI is InChI=1S/C16H23N5O2/c1-3-4-13-11(2)18-15(17)19-14(13)20-7-5-12(6-8-20)21-9-10-23-16(21)22/h3,12H,1,4-10H2,2H3,(H2,17,18,19). The number of allylic oxidation sites excluding steroid dienone is 1. The first-order valence-corrected chi connectivity index (χ1v) is 8.02. The van der Waals surface area contributed by atoms with Crippen LogP contribution in [-0.4, -0.2) is 53.2 Å². The molecule has 2 N–H and O–H groups in total. The topological polar surface area (TPSA) is 84.6 Å². The van der Waals surface area contributed by atoms with Crippen molar-refractivity contribution in [2.24, 2.45) is 0 Å². The Bertz CT molecular complexity index is 611. The van der Waals surface area contributed by atoms with Gasteiger partial charge in [-0.15, -0.1) is 6.58 Å². The van der Waals surface area contributed by atoms with Crippen LogP contribution < -0.4 is 10.6 Å². The second-order valence-electron chi connectivity index (χ2n) is 5.99. The zero-order chi connectivity index (χ0) is 16.4. The van der Waals surface area contributed by atoms with Crippen LogP contribution in [0.25, 0.3) is 0 Å². The summed E-state index contributed by atoms with van der Waals surface area (Å²) in [5.41, 5.74) is 7.81. The molecule has 2 fully saturated rings. The van der Waals surface area contributed by atoms with E-state index in [4.69, 9.17) is 10.5 Å². The molecule has 0 aliphatic carbocycles. The van der Waals surface area contributed by atoms with E-state index in [2.05, 4.69) is 21.4 Å². The highest BCUT2D eigenvalue weighted by Gasteiger charge is 2.33. The van der Waals surface area contributed by atoms with Crippen molar-refractivity contribution in [3.8, 4) is 0 Å². The van der Waals surface area contributed by atoms with E-state index in [0.717, 1.165) is 49.4 Å². The molecule has 0 saturated carbocycles. The molecule has 2 aliphatic rings. The Morgan fingerprint density at radius 3 is 2.70 bits per heavy atom. The Hall–Kier alpha value is -2.31. The third-order valence-corrected chi connectivity index (χ3v) is 4.55. The second kappa shape index (κ2) is 6.44. The Morgan fingerprint density at radius 2 is 2.09 bits per heavy atom. The molecule has 2 aliphatic heterocycles. The lowest BCUT2D eigenvalue weighted by Crippen LogP contribution is -2.45. The van der Waals surface area contributed by atoms with E-state index in [0.29, 0.717) is 19.1 Å². The molecule has 7 nitrogen and oxygen atoms in total. The summed E-state index contributed by atoms with van der Waals surface area (Å²) < 4.78 is 5.04. The number of carbonyl (C=O) groups excluding carboxylic acids is 1. The monoisotopic (exact) mass is 317 g/mol. The molecule has 0 radical (unpaired) electrons. The van der Waals surface area contributed by atoms with Gasteiger partial charge in [0.15, 0.2) is 0 Å². The van der Waals surface area contributed by atoms with Crippen molar-refractivity contribution in [2.75, 3.05) is 36.9 Å². The van der Waals surface area contributed by atoms with Gasteiger partial charge in [0.2, 0.25) is 5.95 Å². The molecule has 1 aromatic rings. The van der Waals surface area contributed by atoms with Crippen LogP contribution in [0.1, 0.15) is 24.1 Å². The van der Waals surface area contributed by atoms with Gasteiger partial charge in [-0.25, -0.2) is 9.78 Å². The van der Waals surface area contributed by atoms with Gasteiger partial charge in [-0.3, -0.25) is 0 Å². The maximum absolute atomic E-state index is 11.7. The van der Waals surface area contributed by atoms with Crippen LogP contribution in [0.15, 0.2) is 12.7 Å². The number of hydrogen-bond donors (Lipinski definition) is 1. The lowest BCUT2D eigenvalue weighted by Gasteiger charge is -2.37. The van der Waals surface area contributed by atoms with Gasteiger partial charge in [0.1, 0.15) is 12.4 Å². The van der Waals surface area contributed by atoms with E-state index in [9.17, 15) is 4.79 Å². The number of amides is 1. The highest BCUT2D eigenvalue weighted by atomic mass is 16.6. The number of carbonyl (C=O) groups is 1. The summed E-state index contributed by atoms with van der Waals surface area (Å²) in [5, 5.41) is 0. The van der Waals surface area contributed by atoms with E-state index >= 15 is 0 Å². The van der Waals surface area contributed by atoms with Crippen molar-refractivity contribution in [3.63, 3.8) is 0 Å². The zero-order valence-electron chi connectivity index (χ0n) is 13.5. The summed E-state index contributed by atoms with van der Waals surface area (Å²) in [4.78, 5) is 24.5. The average Bonchev–Trinajstić information content (AvgIpc) is 2.96. The van der Waals surface area contributed by atoms with E-state index in [1.165, 1.54) is 0 Å². The lowest BCUT2D eigenvalue weighted by atomic mass is 10.0. The summed E-state index contributed by atoms with van der Waals surface area (Å²) in [7, 11) is 0. The van der Waals surface area contributed by atoms with Gasteiger partial charge < -0.3 is 20.3 Å². The molecular formula is C16H23N5O2. The maximum atomic E-state index is 11.7. The minimum absolute atomic E-state index is 0.182. The fourth-order valence-electron chi connectivity index (χ4n) is 3.37. The van der Waals surface area contributed by atoms with Crippen LogP contribution >= 0.6 is 0 Å².